The Kier molecular flexibility index (Phi) is 12.6. The standard InChI is InChI=1S/C33H50N3/c1-4-7-10-13-20-34-23-16-30(17-24-34)32-27-33(29-36(28-32)22-15-12-9-6-3)31-18-25-35(26-19-31)21-14-11-8-5-2/h16-19,23-29H,4-15,20-22H2,1-3H3/q+3. The Morgan fingerprint density at radius 1 is 0.417 bits per heavy atom. The first-order chi connectivity index (χ1) is 17.7. The van der Waals surface area contributed by atoms with Crippen molar-refractivity contribution in [2.24, 2.45) is 0 Å². The topological polar surface area (TPSA) is 11.6 Å². The van der Waals surface area contributed by atoms with Gasteiger partial charge < -0.3 is 0 Å². The third-order valence-electron chi connectivity index (χ3n) is 7.18. The molecule has 0 aliphatic heterocycles. The zero-order valence-corrected chi connectivity index (χ0v) is 23.3. The molecule has 0 fully saturated rings. The number of hydrogen-bond donors (Lipinski definition) is 0. The van der Waals surface area contributed by atoms with Gasteiger partial charge in [-0.1, -0.05) is 59.3 Å². The Bertz CT molecular complexity index is 919. The van der Waals surface area contributed by atoms with E-state index in [4.69, 9.17) is 0 Å². The van der Waals surface area contributed by atoms with Gasteiger partial charge in [0, 0.05) is 54.7 Å². The molecule has 0 aliphatic carbocycles. The van der Waals surface area contributed by atoms with Crippen molar-refractivity contribution in [1.82, 2.24) is 0 Å². The summed E-state index contributed by atoms with van der Waals surface area (Å²) < 4.78 is 7.08. The third kappa shape index (κ3) is 9.48. The fourth-order valence-corrected chi connectivity index (χ4v) is 4.84. The van der Waals surface area contributed by atoms with Gasteiger partial charge in [0.05, 0.1) is 0 Å². The molecule has 0 N–H and O–H groups in total. The van der Waals surface area contributed by atoms with Gasteiger partial charge in [0.1, 0.15) is 19.6 Å². The Morgan fingerprint density at radius 3 is 1.14 bits per heavy atom. The van der Waals surface area contributed by atoms with Gasteiger partial charge >= 0.3 is 0 Å². The van der Waals surface area contributed by atoms with Crippen molar-refractivity contribution in [2.75, 3.05) is 0 Å². The zero-order chi connectivity index (χ0) is 25.4. The summed E-state index contributed by atoms with van der Waals surface area (Å²) in [6.07, 6.45) is 29.2. The second kappa shape index (κ2) is 16.2. The van der Waals surface area contributed by atoms with E-state index in [1.54, 1.807) is 0 Å². The van der Waals surface area contributed by atoms with Crippen molar-refractivity contribution in [2.45, 2.75) is 117 Å². The van der Waals surface area contributed by atoms with Crippen molar-refractivity contribution in [1.29, 1.82) is 0 Å². The van der Waals surface area contributed by atoms with Crippen molar-refractivity contribution in [3.63, 3.8) is 0 Å². The summed E-state index contributed by atoms with van der Waals surface area (Å²) in [5, 5.41) is 0. The summed E-state index contributed by atoms with van der Waals surface area (Å²) in [4.78, 5) is 0. The monoisotopic (exact) mass is 488 g/mol. The molecule has 3 rings (SSSR count). The SMILES string of the molecule is CCCCCC[n+]1ccc(-c2cc(-c3cc[n+](CCCCCC)cc3)c[n+](CCCCCC)c2)cc1. The lowest BCUT2D eigenvalue weighted by Crippen LogP contribution is -2.34. The molecule has 0 unspecified atom stereocenters. The minimum Gasteiger partial charge on any atom is -0.205 e. The number of nitrogens with zero attached hydrogens (tertiary/aromatic N) is 3. The summed E-state index contributed by atoms with van der Waals surface area (Å²) in [6, 6.07) is 11.5. The lowest BCUT2D eigenvalue weighted by molar-refractivity contribution is -0.697. The maximum atomic E-state index is 2.41. The van der Waals surface area contributed by atoms with E-state index in [0.717, 1.165) is 19.6 Å². The lowest BCUT2D eigenvalue weighted by Gasteiger charge is -2.07. The quantitative estimate of drug-likeness (QED) is 0.137. The van der Waals surface area contributed by atoms with Crippen LogP contribution in [0.4, 0.5) is 0 Å². The van der Waals surface area contributed by atoms with Crippen LogP contribution >= 0.6 is 0 Å². The van der Waals surface area contributed by atoms with E-state index in [-0.39, 0.29) is 0 Å². The molecule has 3 aromatic heterocycles. The molecule has 0 radical (unpaired) electrons. The van der Waals surface area contributed by atoms with Crippen molar-refractivity contribution in [3.05, 3.63) is 67.5 Å². The second-order valence-corrected chi connectivity index (χ2v) is 10.4. The van der Waals surface area contributed by atoms with Crippen LogP contribution in [0.3, 0.4) is 0 Å². The van der Waals surface area contributed by atoms with Crippen molar-refractivity contribution >= 4 is 0 Å². The molecule has 0 spiro atoms. The number of rotatable bonds is 17. The first kappa shape index (κ1) is 28.0. The first-order valence-corrected chi connectivity index (χ1v) is 14.8. The van der Waals surface area contributed by atoms with Gasteiger partial charge in [-0.3, -0.25) is 0 Å². The molecule has 0 saturated carbocycles. The highest BCUT2D eigenvalue weighted by Gasteiger charge is 2.13. The molecule has 3 aromatic rings. The Hall–Kier alpha value is -2.55. The highest BCUT2D eigenvalue weighted by molar-refractivity contribution is 5.69. The van der Waals surface area contributed by atoms with E-state index >= 15 is 0 Å². The van der Waals surface area contributed by atoms with Crippen LogP contribution in [0.15, 0.2) is 67.5 Å². The van der Waals surface area contributed by atoms with Crippen LogP contribution in [0.1, 0.15) is 97.8 Å². The maximum Gasteiger partial charge on any atom is 0.176 e. The fourth-order valence-electron chi connectivity index (χ4n) is 4.84. The molecule has 0 atom stereocenters. The van der Waals surface area contributed by atoms with E-state index in [1.165, 1.54) is 99.3 Å². The molecule has 3 nitrogen and oxygen atoms in total. The van der Waals surface area contributed by atoms with Crippen LogP contribution in [0.5, 0.6) is 0 Å². The molecule has 0 saturated heterocycles. The predicted octanol–water partition coefficient (Wildman–Crippen LogP) is 7.62. The largest absolute Gasteiger partial charge is 0.205 e. The van der Waals surface area contributed by atoms with E-state index in [2.05, 4.69) is 102 Å². The molecule has 36 heavy (non-hydrogen) atoms. The lowest BCUT2D eigenvalue weighted by atomic mass is 10.0. The van der Waals surface area contributed by atoms with Crippen LogP contribution in [-0.2, 0) is 19.6 Å². The highest BCUT2D eigenvalue weighted by atomic mass is 14.9. The minimum atomic E-state index is 1.08. The molecule has 0 aliphatic rings. The Morgan fingerprint density at radius 2 is 0.778 bits per heavy atom. The Labute approximate surface area is 220 Å². The summed E-state index contributed by atoms with van der Waals surface area (Å²) in [5.41, 5.74) is 5.20. The predicted molar refractivity (Wildman–Crippen MR) is 150 cm³/mol. The molecular formula is C33H50N3+3. The van der Waals surface area contributed by atoms with Gasteiger partial charge in [0.25, 0.3) is 0 Å². The van der Waals surface area contributed by atoms with Gasteiger partial charge in [-0.2, -0.15) is 0 Å². The third-order valence-corrected chi connectivity index (χ3v) is 7.18. The highest BCUT2D eigenvalue weighted by Crippen LogP contribution is 2.24. The summed E-state index contributed by atoms with van der Waals surface area (Å²) in [7, 11) is 0. The van der Waals surface area contributed by atoms with Crippen LogP contribution in [0.2, 0.25) is 0 Å². The second-order valence-electron chi connectivity index (χ2n) is 10.4. The molecule has 3 heterocycles. The van der Waals surface area contributed by atoms with Crippen molar-refractivity contribution in [3.8, 4) is 22.3 Å². The van der Waals surface area contributed by atoms with E-state index in [9.17, 15) is 0 Å². The minimum absolute atomic E-state index is 1.08. The fraction of sp³-hybridized carbons (Fsp3) is 0.545. The number of hydrogen-bond acceptors (Lipinski definition) is 0. The van der Waals surface area contributed by atoms with E-state index in [0.29, 0.717) is 0 Å². The van der Waals surface area contributed by atoms with Gasteiger partial charge in [-0.15, -0.1) is 0 Å². The summed E-state index contributed by atoms with van der Waals surface area (Å²) in [6.45, 7) is 10.1. The Balaban J connectivity index is 1.77. The van der Waals surface area contributed by atoms with Crippen LogP contribution < -0.4 is 13.7 Å². The molecule has 194 valence electrons. The van der Waals surface area contributed by atoms with Gasteiger partial charge in [-0.25, -0.2) is 13.7 Å². The summed E-state index contributed by atoms with van der Waals surface area (Å²) >= 11 is 0. The molecule has 0 bridgehead atoms. The molecule has 0 aromatic carbocycles. The smallest absolute Gasteiger partial charge is 0.176 e. The number of aromatic nitrogens is 3. The number of unbranched alkanes of at least 4 members (excludes halogenated alkanes) is 9. The van der Waals surface area contributed by atoms with E-state index in [1.807, 2.05) is 0 Å². The van der Waals surface area contributed by atoms with Crippen molar-refractivity contribution < 1.29 is 13.7 Å². The first-order valence-electron chi connectivity index (χ1n) is 14.8. The van der Waals surface area contributed by atoms with Crippen LogP contribution in [0, 0.1) is 0 Å². The average molecular weight is 489 g/mol. The van der Waals surface area contributed by atoms with Crippen LogP contribution in [-0.4, -0.2) is 0 Å². The average Bonchev–Trinajstić information content (AvgIpc) is 2.92. The number of pyridine rings is 3. The normalized spacial score (nSPS) is 11.2. The van der Waals surface area contributed by atoms with Gasteiger partial charge in [0.15, 0.2) is 37.2 Å². The maximum absolute atomic E-state index is 2.41. The summed E-state index contributed by atoms with van der Waals surface area (Å²) in [5.74, 6) is 0. The zero-order valence-electron chi connectivity index (χ0n) is 23.3. The molecular weight excluding hydrogens is 438 g/mol. The van der Waals surface area contributed by atoms with Gasteiger partial charge in [-0.05, 0) is 36.5 Å². The number of aryl methyl sites for hydroxylation is 3. The van der Waals surface area contributed by atoms with E-state index < -0.39 is 0 Å². The van der Waals surface area contributed by atoms with Crippen LogP contribution in [0.25, 0.3) is 22.3 Å². The molecule has 0 amide bonds. The van der Waals surface area contributed by atoms with Gasteiger partial charge in [0.2, 0.25) is 0 Å². The molecule has 3 heteroatoms.